The molecule has 4 aliphatic rings. The molecule has 2 heterocycles. The van der Waals surface area contributed by atoms with E-state index in [2.05, 4.69) is 5.32 Å². The van der Waals surface area contributed by atoms with E-state index >= 15 is 0 Å². The normalized spacial score (nSPS) is 23.7. The van der Waals surface area contributed by atoms with Crippen LogP contribution in [0.3, 0.4) is 0 Å². The predicted molar refractivity (Wildman–Crippen MR) is 119 cm³/mol. The van der Waals surface area contributed by atoms with E-state index in [1.807, 2.05) is 0 Å². The molecule has 1 aromatic heterocycles. The van der Waals surface area contributed by atoms with Crippen molar-refractivity contribution in [2.45, 2.75) is 62.7 Å². The van der Waals surface area contributed by atoms with Gasteiger partial charge in [-0.05, 0) is 74.8 Å². The molecule has 174 valence electrons. The number of aromatic nitrogens is 1. The topological polar surface area (TPSA) is 106 Å². The molecule has 8 nitrogen and oxygen atoms in total. The van der Waals surface area contributed by atoms with E-state index in [0.29, 0.717) is 30.7 Å². The van der Waals surface area contributed by atoms with Crippen molar-refractivity contribution in [3.8, 4) is 0 Å². The smallest absolute Gasteiger partial charge is 0.270 e. The van der Waals surface area contributed by atoms with Gasteiger partial charge in [0.1, 0.15) is 11.3 Å². The molecule has 3 fully saturated rings. The Labute approximate surface area is 188 Å². The number of fused-ring (bicyclic) bond motifs is 1. The van der Waals surface area contributed by atoms with E-state index in [1.54, 1.807) is 0 Å². The van der Waals surface area contributed by atoms with Gasteiger partial charge in [0.25, 0.3) is 17.4 Å². The van der Waals surface area contributed by atoms with Crippen LogP contribution in [0.25, 0.3) is 0 Å². The fraction of sp³-hybridized carbons (Fsp3) is 0.696. The predicted octanol–water partition coefficient (Wildman–Crippen LogP) is 1.58. The van der Waals surface area contributed by atoms with Crippen LogP contribution in [0, 0.1) is 11.3 Å². The Hall–Kier alpha value is -2.16. The van der Waals surface area contributed by atoms with E-state index in [-0.39, 0.29) is 42.7 Å². The first-order chi connectivity index (χ1) is 15.1. The van der Waals surface area contributed by atoms with Gasteiger partial charge in [-0.3, -0.25) is 14.4 Å². The zero-order chi connectivity index (χ0) is 22.7. The Morgan fingerprint density at radius 1 is 1.06 bits per heavy atom. The minimum absolute atomic E-state index is 0.0549. The second kappa shape index (κ2) is 7.43. The lowest BCUT2D eigenvalue weighted by Crippen LogP contribution is -2.49. The van der Waals surface area contributed by atoms with Gasteiger partial charge in [0.2, 0.25) is 0 Å². The molecule has 1 aromatic rings. The van der Waals surface area contributed by atoms with Crippen molar-refractivity contribution in [2.75, 3.05) is 25.9 Å². The van der Waals surface area contributed by atoms with Gasteiger partial charge in [-0.1, -0.05) is 0 Å². The van der Waals surface area contributed by atoms with Gasteiger partial charge in [-0.15, -0.1) is 0 Å². The van der Waals surface area contributed by atoms with Crippen molar-refractivity contribution in [1.82, 2.24) is 14.8 Å². The minimum Gasteiger partial charge on any atom is -0.352 e. The number of rotatable bonds is 6. The number of carbonyl (C=O) groups excluding carboxylic acids is 2. The molecular formula is C23H31N3O5S. The third-order valence-corrected chi connectivity index (χ3v) is 10.4. The van der Waals surface area contributed by atoms with Gasteiger partial charge < -0.3 is 14.8 Å². The largest absolute Gasteiger partial charge is 0.352 e. The summed E-state index contributed by atoms with van der Waals surface area (Å²) >= 11 is 0. The minimum atomic E-state index is -3.25. The number of pyridine rings is 1. The summed E-state index contributed by atoms with van der Waals surface area (Å²) in [7, 11) is -3.25. The molecule has 0 bridgehead atoms. The molecule has 3 saturated carbocycles. The molecule has 0 radical (unpaired) electrons. The zero-order valence-corrected chi connectivity index (χ0v) is 19.4. The number of hydrogen-bond donors (Lipinski definition) is 1. The first-order valence-electron chi connectivity index (χ1n) is 11.6. The average molecular weight is 462 g/mol. The molecular weight excluding hydrogens is 430 g/mol. The molecule has 2 amide bonds. The van der Waals surface area contributed by atoms with Crippen molar-refractivity contribution in [3.63, 3.8) is 0 Å². The third-order valence-electron chi connectivity index (χ3n) is 8.27. The Morgan fingerprint density at radius 2 is 1.75 bits per heavy atom. The lowest BCUT2D eigenvalue weighted by atomic mass is 9.80. The van der Waals surface area contributed by atoms with Crippen LogP contribution in [-0.4, -0.2) is 60.3 Å². The van der Waals surface area contributed by atoms with Crippen molar-refractivity contribution in [2.24, 2.45) is 11.3 Å². The molecule has 0 atom stereocenters. The lowest BCUT2D eigenvalue weighted by Gasteiger charge is -2.32. The first kappa shape index (κ1) is 21.7. The highest BCUT2D eigenvalue weighted by molar-refractivity contribution is 7.92. The molecule has 5 rings (SSSR count). The van der Waals surface area contributed by atoms with Gasteiger partial charge in [-0.2, -0.15) is 0 Å². The van der Waals surface area contributed by atoms with Gasteiger partial charge in [-0.25, -0.2) is 8.42 Å². The summed E-state index contributed by atoms with van der Waals surface area (Å²) in [5, 5.41) is 2.93. The van der Waals surface area contributed by atoms with Crippen LogP contribution in [0.4, 0.5) is 0 Å². The van der Waals surface area contributed by atoms with Gasteiger partial charge in [0.15, 0.2) is 9.84 Å². The van der Waals surface area contributed by atoms with Crippen LogP contribution >= 0.6 is 0 Å². The van der Waals surface area contributed by atoms with Crippen LogP contribution in [-0.2, 0) is 16.4 Å². The number of sulfone groups is 1. The molecule has 32 heavy (non-hydrogen) atoms. The maximum atomic E-state index is 12.9. The summed E-state index contributed by atoms with van der Waals surface area (Å²) in [5.41, 5.74) is 0.417. The van der Waals surface area contributed by atoms with Gasteiger partial charge in [0.05, 0.1) is 4.75 Å². The number of nitrogens with zero attached hydrogens (tertiary/aromatic N) is 2. The molecule has 1 spiro atoms. The fourth-order valence-electron chi connectivity index (χ4n) is 5.43. The highest BCUT2D eigenvalue weighted by atomic mass is 32.2. The fourth-order valence-corrected chi connectivity index (χ4v) is 6.67. The maximum Gasteiger partial charge on any atom is 0.270 e. The third kappa shape index (κ3) is 3.78. The monoisotopic (exact) mass is 461 g/mol. The summed E-state index contributed by atoms with van der Waals surface area (Å²) in [6.45, 7) is 1.25. The van der Waals surface area contributed by atoms with Crippen LogP contribution in [0.1, 0.15) is 72.2 Å². The van der Waals surface area contributed by atoms with Crippen molar-refractivity contribution in [1.29, 1.82) is 0 Å². The zero-order valence-electron chi connectivity index (χ0n) is 18.6. The molecule has 1 N–H and O–H groups in total. The van der Waals surface area contributed by atoms with Gasteiger partial charge >= 0.3 is 0 Å². The number of amides is 2. The summed E-state index contributed by atoms with van der Waals surface area (Å²) in [4.78, 5) is 40.1. The van der Waals surface area contributed by atoms with Crippen molar-refractivity contribution < 1.29 is 18.0 Å². The number of carbonyl (C=O) groups is 2. The maximum absolute atomic E-state index is 12.9. The summed E-state index contributed by atoms with van der Waals surface area (Å²) in [6.07, 6.45) is 9.78. The number of nitrogens with one attached hydrogen (secondary N) is 1. The van der Waals surface area contributed by atoms with E-state index in [0.717, 1.165) is 12.8 Å². The molecule has 1 aliphatic heterocycles. The SMILES string of the molecule is CS(=O)(=O)C1(CN2CCn3c(ccc(C(=O)NCC4CCC5(CC4)CC5)c3=O)C2=O)CC1. The van der Waals surface area contributed by atoms with E-state index in [1.165, 1.54) is 53.5 Å². The van der Waals surface area contributed by atoms with Crippen molar-refractivity contribution in [3.05, 3.63) is 33.7 Å². The Morgan fingerprint density at radius 3 is 2.34 bits per heavy atom. The van der Waals surface area contributed by atoms with Crippen LogP contribution in [0.15, 0.2) is 16.9 Å². The van der Waals surface area contributed by atoms with Crippen LogP contribution < -0.4 is 10.9 Å². The molecule has 0 saturated heterocycles. The summed E-state index contributed by atoms with van der Waals surface area (Å²) in [6, 6.07) is 2.94. The second-order valence-corrected chi connectivity index (χ2v) is 12.8. The number of hydrogen-bond acceptors (Lipinski definition) is 5. The highest BCUT2D eigenvalue weighted by Crippen LogP contribution is 2.57. The summed E-state index contributed by atoms with van der Waals surface area (Å²) < 4.78 is 24.7. The van der Waals surface area contributed by atoms with Crippen molar-refractivity contribution >= 4 is 21.7 Å². The molecule has 0 unspecified atom stereocenters. The van der Waals surface area contributed by atoms with Crippen LogP contribution in [0.5, 0.6) is 0 Å². The van der Waals surface area contributed by atoms with E-state index in [4.69, 9.17) is 0 Å². The standard InChI is InChI=1S/C23H31N3O5S/c1-32(30,31)23(10-11-23)15-25-12-13-26-18(21(25)29)3-2-17(20(26)28)19(27)24-14-16-4-6-22(7-5-16)8-9-22/h2-3,16H,4-15H2,1H3,(H,24,27). The van der Waals surface area contributed by atoms with Crippen LogP contribution in [0.2, 0.25) is 0 Å². The Bertz CT molecular complexity index is 1120. The second-order valence-electron chi connectivity index (χ2n) is 10.4. The van der Waals surface area contributed by atoms with E-state index in [9.17, 15) is 22.8 Å². The Kier molecular flexibility index (Phi) is 5.03. The highest BCUT2D eigenvalue weighted by Gasteiger charge is 2.54. The summed E-state index contributed by atoms with van der Waals surface area (Å²) in [5.74, 6) is -0.280. The van der Waals surface area contributed by atoms with E-state index < -0.39 is 20.1 Å². The first-order valence-corrected chi connectivity index (χ1v) is 13.5. The average Bonchev–Trinajstić information content (AvgIpc) is 3.67. The Balaban J connectivity index is 1.25. The lowest BCUT2D eigenvalue weighted by molar-refractivity contribution is 0.0695. The molecule has 9 heteroatoms. The van der Waals surface area contributed by atoms with Gasteiger partial charge in [0, 0.05) is 32.4 Å². The quantitative estimate of drug-likeness (QED) is 0.693. The molecule has 0 aromatic carbocycles. The molecule has 3 aliphatic carbocycles.